The van der Waals surface area contributed by atoms with Crippen LogP contribution in [-0.4, -0.2) is 52.1 Å². The van der Waals surface area contributed by atoms with Crippen LogP contribution in [0.15, 0.2) is 30.5 Å². The van der Waals surface area contributed by atoms with E-state index in [1.807, 2.05) is 26.0 Å². The Morgan fingerprint density at radius 1 is 1.14 bits per heavy atom. The molecule has 2 bridgehead atoms. The van der Waals surface area contributed by atoms with Gasteiger partial charge >= 0.3 is 5.97 Å². The number of carboxylic acid groups (broad SMARTS) is 1. The zero-order chi connectivity index (χ0) is 25.4. The second-order valence-electron chi connectivity index (χ2n) is 9.98. The summed E-state index contributed by atoms with van der Waals surface area (Å²) >= 11 is 0. The number of para-hydroxylation sites is 1. The SMILES string of the molecule is CC[C@@H](N[C@@H](CC(C)C)C(=O)N[C@H]1Cc2cn(c3ccccc23)CCCCCCNC1=O)C(=O)O. The molecule has 0 fully saturated rings. The van der Waals surface area contributed by atoms with Crippen molar-refractivity contribution in [3.63, 3.8) is 0 Å². The Kier molecular flexibility index (Phi) is 9.72. The Morgan fingerprint density at radius 3 is 2.60 bits per heavy atom. The number of amides is 2. The van der Waals surface area contributed by atoms with Crippen molar-refractivity contribution in [2.75, 3.05) is 6.54 Å². The molecule has 0 saturated carbocycles. The van der Waals surface area contributed by atoms with Crippen molar-refractivity contribution in [3.8, 4) is 0 Å². The monoisotopic (exact) mass is 484 g/mol. The maximum Gasteiger partial charge on any atom is 0.320 e. The molecule has 1 aliphatic rings. The zero-order valence-electron chi connectivity index (χ0n) is 21.2. The molecule has 0 saturated heterocycles. The van der Waals surface area contributed by atoms with Crippen LogP contribution in [0.3, 0.4) is 0 Å². The first-order chi connectivity index (χ1) is 16.8. The molecule has 3 atom stereocenters. The van der Waals surface area contributed by atoms with Crippen molar-refractivity contribution >= 4 is 28.7 Å². The normalized spacial score (nSPS) is 19.2. The topological polar surface area (TPSA) is 112 Å². The molecule has 0 spiro atoms. The van der Waals surface area contributed by atoms with Crippen LogP contribution in [0.25, 0.3) is 10.9 Å². The third kappa shape index (κ3) is 7.31. The van der Waals surface area contributed by atoms with Gasteiger partial charge in [-0.2, -0.15) is 0 Å². The molecule has 0 unspecified atom stereocenters. The highest BCUT2D eigenvalue weighted by Crippen LogP contribution is 2.24. The van der Waals surface area contributed by atoms with Crippen LogP contribution < -0.4 is 16.0 Å². The summed E-state index contributed by atoms with van der Waals surface area (Å²) in [7, 11) is 0. The molecule has 8 nitrogen and oxygen atoms in total. The van der Waals surface area contributed by atoms with E-state index >= 15 is 0 Å². The second-order valence-corrected chi connectivity index (χ2v) is 9.98. The lowest BCUT2D eigenvalue weighted by Gasteiger charge is -2.26. The van der Waals surface area contributed by atoms with Crippen molar-refractivity contribution < 1.29 is 19.5 Å². The van der Waals surface area contributed by atoms with E-state index in [0.717, 1.165) is 48.7 Å². The molecule has 4 N–H and O–H groups in total. The van der Waals surface area contributed by atoms with Gasteiger partial charge in [0.05, 0.1) is 6.04 Å². The van der Waals surface area contributed by atoms with Crippen LogP contribution in [0.4, 0.5) is 0 Å². The van der Waals surface area contributed by atoms with Crippen LogP contribution in [0.1, 0.15) is 64.9 Å². The highest BCUT2D eigenvalue weighted by atomic mass is 16.4. The van der Waals surface area contributed by atoms with E-state index in [0.29, 0.717) is 25.8 Å². The summed E-state index contributed by atoms with van der Waals surface area (Å²) in [5.41, 5.74) is 2.15. The maximum atomic E-state index is 13.4. The highest BCUT2D eigenvalue weighted by Gasteiger charge is 2.30. The van der Waals surface area contributed by atoms with Crippen molar-refractivity contribution in [3.05, 3.63) is 36.0 Å². The number of aromatic nitrogens is 1. The van der Waals surface area contributed by atoms with E-state index in [2.05, 4.69) is 38.8 Å². The Balaban J connectivity index is 1.88. The van der Waals surface area contributed by atoms with Gasteiger partial charge in [-0.05, 0) is 43.2 Å². The maximum absolute atomic E-state index is 13.4. The predicted octanol–water partition coefficient (Wildman–Crippen LogP) is 3.23. The predicted molar refractivity (Wildman–Crippen MR) is 137 cm³/mol. The molecular weight excluding hydrogens is 444 g/mol. The second kappa shape index (κ2) is 12.7. The molecule has 0 radical (unpaired) electrons. The lowest BCUT2D eigenvalue weighted by molar-refractivity contribution is -0.140. The van der Waals surface area contributed by atoms with Gasteiger partial charge in [-0.3, -0.25) is 19.7 Å². The summed E-state index contributed by atoms with van der Waals surface area (Å²) in [5.74, 6) is -1.35. The van der Waals surface area contributed by atoms with E-state index in [1.165, 1.54) is 0 Å². The average Bonchev–Trinajstić information content (AvgIpc) is 3.17. The summed E-state index contributed by atoms with van der Waals surface area (Å²) < 4.78 is 2.25. The summed E-state index contributed by atoms with van der Waals surface area (Å²) in [5, 5.41) is 19.5. The summed E-state index contributed by atoms with van der Waals surface area (Å²) in [4.78, 5) is 38.2. The molecular formula is C27H40N4O4. The number of carbonyl (C=O) groups is 3. The smallest absolute Gasteiger partial charge is 0.320 e. The largest absolute Gasteiger partial charge is 0.480 e. The van der Waals surface area contributed by atoms with Crippen molar-refractivity contribution in [2.24, 2.45) is 5.92 Å². The van der Waals surface area contributed by atoms with Gasteiger partial charge in [0.1, 0.15) is 12.1 Å². The number of carboxylic acids is 1. The number of benzene rings is 1. The molecule has 3 rings (SSSR count). The van der Waals surface area contributed by atoms with Crippen LogP contribution in [-0.2, 0) is 27.3 Å². The van der Waals surface area contributed by atoms with E-state index in [-0.39, 0.29) is 17.7 Å². The van der Waals surface area contributed by atoms with Gasteiger partial charge in [-0.1, -0.05) is 51.8 Å². The number of fused-ring (bicyclic) bond motifs is 5. The Bertz CT molecular complexity index is 1020. The van der Waals surface area contributed by atoms with Gasteiger partial charge in [0.25, 0.3) is 0 Å². The van der Waals surface area contributed by atoms with E-state index in [4.69, 9.17) is 0 Å². The number of rotatable bonds is 8. The number of hydrogen-bond acceptors (Lipinski definition) is 4. The molecule has 1 aromatic carbocycles. The van der Waals surface area contributed by atoms with E-state index < -0.39 is 24.1 Å². The van der Waals surface area contributed by atoms with Gasteiger partial charge in [0.15, 0.2) is 0 Å². The molecule has 2 amide bonds. The number of hydrogen-bond donors (Lipinski definition) is 4. The van der Waals surface area contributed by atoms with Crippen LogP contribution in [0.5, 0.6) is 0 Å². The fourth-order valence-corrected chi connectivity index (χ4v) is 4.80. The minimum Gasteiger partial charge on any atom is -0.480 e. The fourth-order valence-electron chi connectivity index (χ4n) is 4.80. The van der Waals surface area contributed by atoms with Crippen LogP contribution >= 0.6 is 0 Å². The lowest BCUT2D eigenvalue weighted by atomic mass is 9.99. The number of carbonyl (C=O) groups excluding carboxylic acids is 2. The van der Waals surface area contributed by atoms with Crippen molar-refractivity contribution in [1.82, 2.24) is 20.5 Å². The molecule has 0 aliphatic carbocycles. The molecule has 192 valence electrons. The Labute approximate surface area is 207 Å². The number of nitrogens with zero attached hydrogens (tertiary/aromatic N) is 1. The van der Waals surface area contributed by atoms with Crippen LogP contribution in [0, 0.1) is 5.92 Å². The Hall–Kier alpha value is -2.87. The highest BCUT2D eigenvalue weighted by molar-refractivity contribution is 5.91. The summed E-state index contributed by atoms with van der Waals surface area (Å²) in [6.45, 7) is 7.26. The standard InChI is InChI=1S/C27H40N4O4/c1-4-21(27(34)35)29-22(15-18(2)3)26(33)30-23-16-19-17-31(24-12-8-7-11-20(19)24)14-10-6-5-9-13-28-25(23)32/h7-8,11-12,17-18,21-23,29H,4-6,9-10,13-16H2,1-3H3,(H,28,32)(H,30,33)(H,34,35)/t21-,22+,23+/m1/s1. The Morgan fingerprint density at radius 2 is 1.89 bits per heavy atom. The number of aryl methyl sites for hydroxylation is 1. The van der Waals surface area contributed by atoms with Gasteiger partial charge < -0.3 is 20.3 Å². The van der Waals surface area contributed by atoms with Gasteiger partial charge in [-0.25, -0.2) is 0 Å². The average molecular weight is 485 g/mol. The minimum atomic E-state index is -0.985. The molecule has 35 heavy (non-hydrogen) atoms. The van der Waals surface area contributed by atoms with Gasteiger partial charge in [0.2, 0.25) is 11.8 Å². The van der Waals surface area contributed by atoms with E-state index in [9.17, 15) is 19.5 Å². The molecule has 8 heteroatoms. The molecule has 2 heterocycles. The number of nitrogens with one attached hydrogen (secondary N) is 3. The zero-order valence-corrected chi connectivity index (χ0v) is 21.2. The van der Waals surface area contributed by atoms with Gasteiger partial charge in [0, 0.05) is 36.6 Å². The third-order valence-corrected chi connectivity index (χ3v) is 6.69. The molecule has 1 aliphatic heterocycles. The lowest BCUT2D eigenvalue weighted by Crippen LogP contribution is -2.56. The third-order valence-electron chi connectivity index (χ3n) is 6.69. The van der Waals surface area contributed by atoms with Gasteiger partial charge in [-0.15, -0.1) is 0 Å². The fraction of sp³-hybridized carbons (Fsp3) is 0.593. The molecule has 2 aromatic rings. The minimum absolute atomic E-state index is 0.177. The summed E-state index contributed by atoms with van der Waals surface area (Å²) in [6, 6.07) is 5.90. The summed E-state index contributed by atoms with van der Waals surface area (Å²) in [6.07, 6.45) is 7.43. The van der Waals surface area contributed by atoms with Crippen molar-refractivity contribution in [1.29, 1.82) is 0 Å². The first-order valence-electron chi connectivity index (χ1n) is 12.9. The molecule has 1 aromatic heterocycles. The van der Waals surface area contributed by atoms with E-state index in [1.54, 1.807) is 6.92 Å². The quantitative estimate of drug-likeness (QED) is 0.460. The van der Waals surface area contributed by atoms with Crippen LogP contribution in [0.2, 0.25) is 0 Å². The first-order valence-corrected chi connectivity index (χ1v) is 12.9. The number of aliphatic carboxylic acids is 1. The van der Waals surface area contributed by atoms with Crippen molar-refractivity contribution in [2.45, 2.75) is 90.4 Å². The first kappa shape index (κ1) is 26.7.